The largest absolute Gasteiger partial charge is 0.345 e. The summed E-state index contributed by atoms with van der Waals surface area (Å²) in [4.78, 5) is 33.8. The Morgan fingerprint density at radius 3 is 2.29 bits per heavy atom. The van der Waals surface area contributed by atoms with Gasteiger partial charge in [-0.3, -0.25) is 14.6 Å². The molecule has 2 N–H and O–H groups in total. The van der Waals surface area contributed by atoms with E-state index in [1.165, 1.54) is 0 Å². The van der Waals surface area contributed by atoms with Crippen LogP contribution in [0, 0.1) is 0 Å². The van der Waals surface area contributed by atoms with Crippen molar-refractivity contribution in [3.63, 3.8) is 0 Å². The van der Waals surface area contributed by atoms with Gasteiger partial charge in [-0.05, 0) is 29.8 Å². The van der Waals surface area contributed by atoms with Gasteiger partial charge in [-0.25, -0.2) is 0 Å². The number of hydrogen-bond acceptors (Lipinski definition) is 6. The molecule has 1 unspecified atom stereocenters. The molecule has 0 saturated carbocycles. The quantitative estimate of drug-likeness (QED) is 0.482. The highest BCUT2D eigenvalue weighted by atomic mass is 16.5. The molecule has 2 heterocycles. The van der Waals surface area contributed by atoms with Crippen molar-refractivity contribution in [2.45, 2.75) is 12.6 Å². The summed E-state index contributed by atoms with van der Waals surface area (Å²) in [7, 11) is 0. The number of benzene rings is 2. The lowest BCUT2D eigenvalue weighted by molar-refractivity contribution is -0.123. The smallest absolute Gasteiger partial charge is 0.252 e. The second kappa shape index (κ2) is 9.45. The molecule has 0 aliphatic heterocycles. The van der Waals surface area contributed by atoms with E-state index >= 15 is 0 Å². The fourth-order valence-corrected chi connectivity index (χ4v) is 2.96. The van der Waals surface area contributed by atoms with Crippen LogP contribution < -0.4 is 10.6 Å². The van der Waals surface area contributed by atoms with Crippen LogP contribution in [0.3, 0.4) is 0 Å². The molecule has 4 rings (SSSR count). The first-order valence-electron chi connectivity index (χ1n) is 9.62. The number of carbonyl (C=O) groups is 2. The monoisotopic (exact) mass is 413 g/mol. The molecule has 0 aliphatic carbocycles. The van der Waals surface area contributed by atoms with Crippen molar-refractivity contribution in [1.82, 2.24) is 25.8 Å². The van der Waals surface area contributed by atoms with E-state index in [1.54, 1.807) is 60.9 Å². The fourth-order valence-electron chi connectivity index (χ4n) is 2.96. The maximum atomic E-state index is 12.9. The molecule has 0 bridgehead atoms. The van der Waals surface area contributed by atoms with Gasteiger partial charge in [-0.15, -0.1) is 0 Å². The number of rotatable bonds is 7. The third-order valence-corrected chi connectivity index (χ3v) is 4.53. The van der Waals surface area contributed by atoms with Gasteiger partial charge < -0.3 is 15.2 Å². The van der Waals surface area contributed by atoms with Crippen molar-refractivity contribution in [3.05, 3.63) is 102 Å². The Bertz CT molecular complexity index is 1150. The first-order chi connectivity index (χ1) is 15.2. The molecule has 8 heteroatoms. The summed E-state index contributed by atoms with van der Waals surface area (Å²) in [5, 5.41) is 9.47. The van der Waals surface area contributed by atoms with E-state index < -0.39 is 6.04 Å². The molecule has 0 spiro atoms. The molecule has 8 nitrogen and oxygen atoms in total. The van der Waals surface area contributed by atoms with Crippen LogP contribution in [0.1, 0.15) is 27.9 Å². The molecule has 0 saturated heterocycles. The lowest BCUT2D eigenvalue weighted by Gasteiger charge is -2.18. The molecular weight excluding hydrogens is 394 g/mol. The summed E-state index contributed by atoms with van der Waals surface area (Å²) in [6.45, 7) is 0.0292. The SMILES string of the molecule is O=C(NC(C(=O)NCc1nc(-c2ccncc2)no1)c1ccccc1)c1ccccc1. The van der Waals surface area contributed by atoms with Gasteiger partial charge in [0.2, 0.25) is 17.6 Å². The lowest BCUT2D eigenvalue weighted by Crippen LogP contribution is -2.40. The number of nitrogens with zero attached hydrogens (tertiary/aromatic N) is 3. The van der Waals surface area contributed by atoms with Gasteiger partial charge in [0, 0.05) is 23.5 Å². The normalized spacial score (nSPS) is 11.5. The number of nitrogens with one attached hydrogen (secondary N) is 2. The Hall–Kier alpha value is -4.33. The Morgan fingerprint density at radius 1 is 0.903 bits per heavy atom. The van der Waals surface area contributed by atoms with E-state index in [0.29, 0.717) is 17.0 Å². The first kappa shape index (κ1) is 20.0. The molecule has 0 radical (unpaired) electrons. The summed E-state index contributed by atoms with van der Waals surface area (Å²) in [5.41, 5.74) is 1.89. The average molecular weight is 413 g/mol. The number of aromatic nitrogens is 3. The molecule has 2 aromatic carbocycles. The Kier molecular flexibility index (Phi) is 6.08. The topological polar surface area (TPSA) is 110 Å². The standard InChI is InChI=1S/C23H19N5O3/c29-22(18-9-5-2-6-10-18)27-20(16-7-3-1-4-8-16)23(30)25-15-19-26-21(28-31-19)17-11-13-24-14-12-17/h1-14,20H,15H2,(H,25,30)(H,27,29). The van der Waals surface area contributed by atoms with Crippen molar-refractivity contribution in [2.75, 3.05) is 0 Å². The Morgan fingerprint density at radius 2 is 1.58 bits per heavy atom. The molecule has 2 aromatic heterocycles. The van der Waals surface area contributed by atoms with Crippen molar-refractivity contribution in [2.24, 2.45) is 0 Å². The minimum Gasteiger partial charge on any atom is -0.345 e. The van der Waals surface area contributed by atoms with Crippen molar-refractivity contribution in [1.29, 1.82) is 0 Å². The second-order valence-electron chi connectivity index (χ2n) is 6.65. The summed E-state index contributed by atoms with van der Waals surface area (Å²) < 4.78 is 5.22. The molecular formula is C23H19N5O3. The Labute approximate surface area is 178 Å². The zero-order valence-corrected chi connectivity index (χ0v) is 16.4. The summed E-state index contributed by atoms with van der Waals surface area (Å²) in [5.74, 6) is -0.0773. The van der Waals surface area contributed by atoms with Gasteiger partial charge in [0.15, 0.2) is 0 Å². The molecule has 2 amide bonds. The van der Waals surface area contributed by atoms with Gasteiger partial charge in [0.25, 0.3) is 5.91 Å². The van der Waals surface area contributed by atoms with Gasteiger partial charge in [-0.1, -0.05) is 53.7 Å². The van der Waals surface area contributed by atoms with Crippen molar-refractivity contribution >= 4 is 11.8 Å². The number of carbonyl (C=O) groups excluding carboxylic acids is 2. The van der Waals surface area contributed by atoms with Gasteiger partial charge >= 0.3 is 0 Å². The number of pyridine rings is 1. The highest BCUT2D eigenvalue weighted by Crippen LogP contribution is 2.16. The van der Waals surface area contributed by atoms with Gasteiger partial charge in [0.1, 0.15) is 6.04 Å². The first-order valence-corrected chi connectivity index (χ1v) is 9.62. The lowest BCUT2D eigenvalue weighted by atomic mass is 10.1. The molecule has 154 valence electrons. The van der Waals surface area contributed by atoms with E-state index in [2.05, 4.69) is 25.8 Å². The van der Waals surface area contributed by atoms with E-state index in [-0.39, 0.29) is 24.2 Å². The van der Waals surface area contributed by atoms with E-state index in [0.717, 1.165) is 5.56 Å². The predicted molar refractivity (Wildman–Crippen MR) is 112 cm³/mol. The van der Waals surface area contributed by atoms with Crippen LogP contribution in [0.4, 0.5) is 0 Å². The summed E-state index contributed by atoms with van der Waals surface area (Å²) in [6, 6.07) is 20.4. The van der Waals surface area contributed by atoms with E-state index in [1.807, 2.05) is 24.3 Å². The molecule has 0 aliphatic rings. The zero-order chi connectivity index (χ0) is 21.5. The summed E-state index contributed by atoms with van der Waals surface area (Å²) >= 11 is 0. The van der Waals surface area contributed by atoms with Crippen molar-refractivity contribution in [3.8, 4) is 11.4 Å². The highest BCUT2D eigenvalue weighted by molar-refractivity contribution is 5.97. The number of amides is 2. The van der Waals surface area contributed by atoms with Crippen LogP contribution in [-0.2, 0) is 11.3 Å². The molecule has 1 atom stereocenters. The second-order valence-corrected chi connectivity index (χ2v) is 6.65. The van der Waals surface area contributed by atoms with Crippen LogP contribution in [0.2, 0.25) is 0 Å². The third-order valence-electron chi connectivity index (χ3n) is 4.53. The van der Waals surface area contributed by atoms with Crippen LogP contribution in [0.25, 0.3) is 11.4 Å². The minimum absolute atomic E-state index is 0.0292. The average Bonchev–Trinajstić information content (AvgIpc) is 3.32. The maximum Gasteiger partial charge on any atom is 0.252 e. The predicted octanol–water partition coefficient (Wildman–Crippen LogP) is 2.92. The van der Waals surface area contributed by atoms with Crippen LogP contribution in [0.15, 0.2) is 89.7 Å². The van der Waals surface area contributed by atoms with Crippen LogP contribution in [0.5, 0.6) is 0 Å². The van der Waals surface area contributed by atoms with Crippen molar-refractivity contribution < 1.29 is 14.1 Å². The maximum absolute atomic E-state index is 12.9. The highest BCUT2D eigenvalue weighted by Gasteiger charge is 2.23. The molecule has 4 aromatic rings. The Balaban J connectivity index is 1.46. The van der Waals surface area contributed by atoms with Gasteiger partial charge in [-0.2, -0.15) is 4.98 Å². The number of hydrogen-bond donors (Lipinski definition) is 2. The summed E-state index contributed by atoms with van der Waals surface area (Å²) in [6.07, 6.45) is 3.26. The van der Waals surface area contributed by atoms with Crippen LogP contribution in [-0.4, -0.2) is 26.9 Å². The van der Waals surface area contributed by atoms with Crippen LogP contribution >= 0.6 is 0 Å². The molecule has 0 fully saturated rings. The molecule has 31 heavy (non-hydrogen) atoms. The van der Waals surface area contributed by atoms with Gasteiger partial charge in [0.05, 0.1) is 6.54 Å². The third kappa shape index (κ3) is 4.99. The minimum atomic E-state index is -0.878. The van der Waals surface area contributed by atoms with E-state index in [4.69, 9.17) is 4.52 Å². The zero-order valence-electron chi connectivity index (χ0n) is 16.4. The fraction of sp³-hybridized carbons (Fsp3) is 0.0870. The van der Waals surface area contributed by atoms with E-state index in [9.17, 15) is 9.59 Å².